The van der Waals surface area contributed by atoms with Gasteiger partial charge in [-0.2, -0.15) is 5.10 Å². The van der Waals surface area contributed by atoms with Crippen LogP contribution in [0.4, 0.5) is 11.4 Å². The van der Waals surface area contributed by atoms with E-state index in [4.69, 9.17) is 5.73 Å². The quantitative estimate of drug-likeness (QED) is 0.654. The van der Waals surface area contributed by atoms with Crippen molar-refractivity contribution in [3.05, 3.63) is 40.7 Å². The van der Waals surface area contributed by atoms with E-state index in [1.807, 2.05) is 6.07 Å². The second-order valence-corrected chi connectivity index (χ2v) is 6.70. The molecule has 8 heteroatoms. The van der Waals surface area contributed by atoms with E-state index in [1.54, 1.807) is 12.1 Å². The number of fused-ring (bicyclic) bond motifs is 1. The van der Waals surface area contributed by atoms with Gasteiger partial charge in [-0.3, -0.25) is 14.7 Å². The first-order valence-electron chi connectivity index (χ1n) is 8.90. The maximum absolute atomic E-state index is 12.8. The number of amides is 2. The lowest BCUT2D eigenvalue weighted by atomic mass is 10.1. The number of nitrogens with two attached hydrogens (primary N) is 1. The molecule has 1 aromatic heterocycles. The average molecular weight is 354 g/mol. The minimum Gasteiger partial charge on any atom is -0.370 e. The molecular weight excluding hydrogens is 332 g/mol. The standard InChI is InChI=1S/C18H22N6O2/c19-17(25)11-3-4-15(24-7-1-2-8-24)14(9-11)21-18(26)16-12-10-20-6-5-13(12)22-23-16/h3-4,9,20H,1-2,5-8,10H2,(H2,19,25)(H,21,26)(H,22,23). The van der Waals surface area contributed by atoms with Crippen LogP contribution in [-0.2, 0) is 13.0 Å². The minimum absolute atomic E-state index is 0.284. The Kier molecular flexibility index (Phi) is 4.34. The molecule has 8 nitrogen and oxygen atoms in total. The van der Waals surface area contributed by atoms with Gasteiger partial charge in [0, 0.05) is 49.4 Å². The summed E-state index contributed by atoms with van der Waals surface area (Å²) in [7, 11) is 0. The van der Waals surface area contributed by atoms with Gasteiger partial charge in [-0.15, -0.1) is 0 Å². The zero-order valence-corrected chi connectivity index (χ0v) is 14.5. The van der Waals surface area contributed by atoms with Gasteiger partial charge in [-0.25, -0.2) is 0 Å². The molecule has 136 valence electrons. The van der Waals surface area contributed by atoms with Crippen molar-refractivity contribution in [2.24, 2.45) is 5.73 Å². The van der Waals surface area contributed by atoms with Crippen LogP contribution in [0.25, 0.3) is 0 Å². The normalized spacial score (nSPS) is 16.4. The Bertz CT molecular complexity index is 853. The molecule has 1 aromatic carbocycles. The van der Waals surface area contributed by atoms with E-state index in [9.17, 15) is 9.59 Å². The molecule has 0 radical (unpaired) electrons. The van der Waals surface area contributed by atoms with Gasteiger partial charge in [0.1, 0.15) is 0 Å². The van der Waals surface area contributed by atoms with E-state index in [2.05, 4.69) is 25.7 Å². The molecule has 4 rings (SSSR count). The number of nitrogens with zero attached hydrogens (tertiary/aromatic N) is 2. The SMILES string of the molecule is NC(=O)c1ccc(N2CCCC2)c(NC(=O)c2n[nH]c3c2CNCC3)c1. The van der Waals surface area contributed by atoms with E-state index in [-0.39, 0.29) is 5.91 Å². The summed E-state index contributed by atoms with van der Waals surface area (Å²) in [6.45, 7) is 3.35. The van der Waals surface area contributed by atoms with Gasteiger partial charge in [0.2, 0.25) is 5.91 Å². The number of anilines is 2. The van der Waals surface area contributed by atoms with Crippen molar-refractivity contribution in [2.45, 2.75) is 25.8 Å². The lowest BCUT2D eigenvalue weighted by Crippen LogP contribution is -2.26. The second-order valence-electron chi connectivity index (χ2n) is 6.70. The van der Waals surface area contributed by atoms with Crippen molar-refractivity contribution in [2.75, 3.05) is 29.9 Å². The Morgan fingerprint density at radius 1 is 1.23 bits per heavy atom. The molecule has 0 unspecified atom stereocenters. The fourth-order valence-corrected chi connectivity index (χ4v) is 3.62. The second kappa shape index (κ2) is 6.80. The zero-order valence-electron chi connectivity index (χ0n) is 14.5. The Labute approximate surface area is 151 Å². The summed E-state index contributed by atoms with van der Waals surface area (Å²) >= 11 is 0. The largest absolute Gasteiger partial charge is 0.370 e. The van der Waals surface area contributed by atoms with E-state index < -0.39 is 5.91 Å². The number of hydrogen-bond acceptors (Lipinski definition) is 5. The Morgan fingerprint density at radius 2 is 2.04 bits per heavy atom. The lowest BCUT2D eigenvalue weighted by molar-refractivity contribution is 0.0995. The number of aromatic nitrogens is 2. The van der Waals surface area contributed by atoms with Crippen LogP contribution >= 0.6 is 0 Å². The first-order valence-corrected chi connectivity index (χ1v) is 8.90. The number of carbonyl (C=O) groups is 2. The van der Waals surface area contributed by atoms with Crippen LogP contribution in [-0.4, -0.2) is 41.6 Å². The molecule has 2 aliphatic heterocycles. The minimum atomic E-state index is -0.519. The molecule has 0 saturated carbocycles. The van der Waals surface area contributed by atoms with Crippen LogP contribution < -0.4 is 21.3 Å². The van der Waals surface area contributed by atoms with Gasteiger partial charge in [0.25, 0.3) is 5.91 Å². The highest BCUT2D eigenvalue weighted by Gasteiger charge is 2.24. The third kappa shape index (κ3) is 3.03. The molecule has 26 heavy (non-hydrogen) atoms. The number of carbonyl (C=O) groups excluding carboxylic acids is 2. The summed E-state index contributed by atoms with van der Waals surface area (Å²) in [5.41, 5.74) is 9.58. The highest BCUT2D eigenvalue weighted by atomic mass is 16.2. The molecule has 5 N–H and O–H groups in total. The molecule has 2 aromatic rings. The van der Waals surface area contributed by atoms with Crippen LogP contribution in [0.2, 0.25) is 0 Å². The van der Waals surface area contributed by atoms with Crippen molar-refractivity contribution < 1.29 is 9.59 Å². The topological polar surface area (TPSA) is 116 Å². The van der Waals surface area contributed by atoms with Crippen LogP contribution in [0, 0.1) is 0 Å². The van der Waals surface area contributed by atoms with Crippen molar-refractivity contribution >= 4 is 23.2 Å². The summed E-state index contributed by atoms with van der Waals surface area (Å²) in [5.74, 6) is -0.803. The number of benzene rings is 1. The van der Waals surface area contributed by atoms with Crippen LogP contribution in [0.5, 0.6) is 0 Å². The third-order valence-electron chi connectivity index (χ3n) is 5.00. The first-order chi connectivity index (χ1) is 12.6. The van der Waals surface area contributed by atoms with Gasteiger partial charge < -0.3 is 21.3 Å². The number of rotatable bonds is 4. The van der Waals surface area contributed by atoms with Crippen molar-refractivity contribution in [3.63, 3.8) is 0 Å². The molecular formula is C18H22N6O2. The highest BCUT2D eigenvalue weighted by Crippen LogP contribution is 2.30. The molecule has 0 aliphatic carbocycles. The van der Waals surface area contributed by atoms with E-state index >= 15 is 0 Å². The average Bonchev–Trinajstić information content (AvgIpc) is 3.31. The zero-order chi connectivity index (χ0) is 18.1. The monoisotopic (exact) mass is 354 g/mol. The van der Waals surface area contributed by atoms with Crippen molar-refractivity contribution in [1.82, 2.24) is 15.5 Å². The Hall–Kier alpha value is -2.87. The number of H-pyrrole nitrogens is 1. The smallest absolute Gasteiger partial charge is 0.276 e. The van der Waals surface area contributed by atoms with E-state index in [0.717, 1.165) is 55.8 Å². The van der Waals surface area contributed by atoms with Crippen LogP contribution in [0.1, 0.15) is 44.9 Å². The number of hydrogen-bond donors (Lipinski definition) is 4. The van der Waals surface area contributed by atoms with E-state index in [1.165, 1.54) is 0 Å². The molecule has 2 amide bonds. The molecule has 1 saturated heterocycles. The van der Waals surface area contributed by atoms with Crippen LogP contribution in [0.15, 0.2) is 18.2 Å². The Balaban J connectivity index is 1.65. The summed E-state index contributed by atoms with van der Waals surface area (Å²) in [5, 5.41) is 13.3. The Morgan fingerprint density at radius 3 is 2.81 bits per heavy atom. The van der Waals surface area contributed by atoms with Gasteiger partial charge in [0.15, 0.2) is 5.69 Å². The molecule has 0 spiro atoms. The van der Waals surface area contributed by atoms with Crippen LogP contribution in [0.3, 0.4) is 0 Å². The summed E-state index contributed by atoms with van der Waals surface area (Å²) in [4.78, 5) is 26.6. The fourth-order valence-electron chi connectivity index (χ4n) is 3.62. The maximum Gasteiger partial charge on any atom is 0.276 e. The van der Waals surface area contributed by atoms with Gasteiger partial charge >= 0.3 is 0 Å². The van der Waals surface area contributed by atoms with E-state index in [0.29, 0.717) is 23.5 Å². The highest BCUT2D eigenvalue weighted by molar-refractivity contribution is 6.07. The molecule has 0 atom stereocenters. The first kappa shape index (κ1) is 16.6. The molecule has 1 fully saturated rings. The van der Waals surface area contributed by atoms with Gasteiger partial charge in [-0.05, 0) is 31.0 Å². The number of aromatic amines is 1. The van der Waals surface area contributed by atoms with Crippen molar-refractivity contribution in [1.29, 1.82) is 0 Å². The predicted molar refractivity (Wildman–Crippen MR) is 98.4 cm³/mol. The maximum atomic E-state index is 12.8. The number of primary amides is 1. The summed E-state index contributed by atoms with van der Waals surface area (Å²) in [6.07, 6.45) is 3.05. The molecule has 2 aliphatic rings. The molecule has 0 bridgehead atoms. The lowest BCUT2D eigenvalue weighted by Gasteiger charge is -2.22. The molecule has 3 heterocycles. The summed E-state index contributed by atoms with van der Waals surface area (Å²) in [6, 6.07) is 5.19. The third-order valence-corrected chi connectivity index (χ3v) is 5.00. The van der Waals surface area contributed by atoms with Gasteiger partial charge in [0.05, 0.1) is 11.4 Å². The fraction of sp³-hybridized carbons (Fsp3) is 0.389. The number of nitrogens with one attached hydrogen (secondary N) is 3. The predicted octanol–water partition coefficient (Wildman–Crippen LogP) is 1.01. The summed E-state index contributed by atoms with van der Waals surface area (Å²) < 4.78 is 0. The van der Waals surface area contributed by atoms with Crippen molar-refractivity contribution in [3.8, 4) is 0 Å². The van der Waals surface area contributed by atoms with Gasteiger partial charge in [-0.1, -0.05) is 0 Å².